The lowest BCUT2D eigenvalue weighted by molar-refractivity contribution is -0.119. The molecule has 3 aromatic rings. The Balaban J connectivity index is 1.46. The van der Waals surface area contributed by atoms with Crippen molar-refractivity contribution in [2.45, 2.75) is 72.4 Å². The lowest BCUT2D eigenvalue weighted by Crippen LogP contribution is -2.44. The van der Waals surface area contributed by atoms with Crippen molar-refractivity contribution in [1.82, 2.24) is 4.90 Å². The fraction of sp³-hybridized carbons (Fsp3) is 0.351. The predicted molar refractivity (Wildman–Crippen MR) is 167 cm³/mol. The lowest BCUT2D eigenvalue weighted by Gasteiger charge is -2.49. The van der Waals surface area contributed by atoms with Crippen LogP contribution in [0.5, 0.6) is 5.75 Å². The molecule has 6 heteroatoms. The Bertz CT molecular complexity index is 1620. The molecule has 0 aromatic heterocycles. The molecule has 0 bridgehead atoms. The van der Waals surface area contributed by atoms with Gasteiger partial charge < -0.3 is 9.64 Å². The van der Waals surface area contributed by atoms with Gasteiger partial charge in [0.15, 0.2) is 11.6 Å². The van der Waals surface area contributed by atoms with Gasteiger partial charge in [-0.25, -0.2) is 4.39 Å². The van der Waals surface area contributed by atoms with Crippen molar-refractivity contribution in [3.05, 3.63) is 123 Å². The number of rotatable bonds is 6. The molecular formula is C37H37ClFNO3. The molecule has 4 nitrogen and oxygen atoms in total. The molecule has 0 amide bonds. The van der Waals surface area contributed by atoms with Gasteiger partial charge in [0.05, 0.1) is 5.02 Å². The normalized spacial score (nSPS) is 19.8. The topological polar surface area (TPSA) is 46.6 Å². The minimum Gasteiger partial charge on any atom is -0.487 e. The van der Waals surface area contributed by atoms with E-state index in [-0.39, 0.29) is 34.8 Å². The van der Waals surface area contributed by atoms with Crippen molar-refractivity contribution < 1.29 is 18.7 Å². The molecule has 0 atom stereocenters. The number of hydrogen-bond donors (Lipinski definition) is 0. The van der Waals surface area contributed by atoms with Crippen LogP contribution < -0.4 is 4.74 Å². The first-order valence-electron chi connectivity index (χ1n) is 14.9. The molecule has 3 aromatic carbocycles. The second-order valence-electron chi connectivity index (χ2n) is 13.7. The minimum atomic E-state index is -0.498. The lowest BCUT2D eigenvalue weighted by atomic mass is 9.63. The highest BCUT2D eigenvalue weighted by atomic mass is 35.5. The number of ketones is 2. The Kier molecular flexibility index (Phi) is 7.58. The Morgan fingerprint density at radius 1 is 0.814 bits per heavy atom. The van der Waals surface area contributed by atoms with Crippen LogP contribution in [0, 0.1) is 16.6 Å². The minimum absolute atomic E-state index is 0.0371. The molecule has 1 aliphatic heterocycles. The fourth-order valence-corrected chi connectivity index (χ4v) is 7.17. The number of carbonyl (C=O) groups excluding carboxylic acids is 2. The summed E-state index contributed by atoms with van der Waals surface area (Å²) < 4.78 is 20.1. The zero-order valence-corrected chi connectivity index (χ0v) is 25.9. The molecule has 6 rings (SSSR count). The van der Waals surface area contributed by atoms with E-state index in [4.69, 9.17) is 16.3 Å². The van der Waals surface area contributed by atoms with Crippen LogP contribution in [0.3, 0.4) is 0 Å². The largest absolute Gasteiger partial charge is 0.487 e. The molecule has 0 fully saturated rings. The maximum atomic E-state index is 14.2. The third-order valence-electron chi connectivity index (χ3n) is 8.84. The van der Waals surface area contributed by atoms with Gasteiger partial charge in [-0.2, -0.15) is 0 Å². The van der Waals surface area contributed by atoms with Gasteiger partial charge in [-0.1, -0.05) is 93.9 Å². The summed E-state index contributed by atoms with van der Waals surface area (Å²) in [5, 5.41) is 0.358. The molecule has 1 heterocycles. The first kappa shape index (κ1) is 29.4. The van der Waals surface area contributed by atoms with Crippen molar-refractivity contribution in [1.29, 1.82) is 0 Å². The van der Waals surface area contributed by atoms with Crippen molar-refractivity contribution in [3.8, 4) is 5.75 Å². The average molecular weight is 598 g/mol. The van der Waals surface area contributed by atoms with Crippen molar-refractivity contribution in [2.24, 2.45) is 10.8 Å². The van der Waals surface area contributed by atoms with Crippen LogP contribution in [0.25, 0.3) is 0 Å². The summed E-state index contributed by atoms with van der Waals surface area (Å²) in [5.41, 5.74) is 5.38. The van der Waals surface area contributed by atoms with Gasteiger partial charge in [-0.3, -0.25) is 9.59 Å². The van der Waals surface area contributed by atoms with Crippen LogP contribution in [0.4, 0.5) is 4.39 Å². The Morgan fingerprint density at radius 2 is 1.40 bits per heavy atom. The van der Waals surface area contributed by atoms with Crippen LogP contribution in [0.1, 0.15) is 76.0 Å². The highest BCUT2D eigenvalue weighted by Gasteiger charge is 2.49. The third-order valence-corrected chi connectivity index (χ3v) is 9.13. The number of hydrogen-bond acceptors (Lipinski definition) is 4. The van der Waals surface area contributed by atoms with Crippen molar-refractivity contribution >= 4 is 23.2 Å². The summed E-state index contributed by atoms with van der Waals surface area (Å²) in [6.45, 7) is 9.20. The standard InChI is InChI=1S/C37H37ClFNO3/c1-36(2)17-28-34(30(41)19-36)33(24-14-15-32(26(38)16-24)43-22-25-12-8-9-13-27(25)39)35-29(18-37(3,4)20-31(35)42)40(28)21-23-10-6-5-7-11-23/h5-16,33H,17-22H2,1-4H3. The van der Waals surface area contributed by atoms with E-state index in [9.17, 15) is 14.0 Å². The number of Topliss-reactive ketones (excluding diaryl/α,β-unsaturated/α-hetero) is 2. The SMILES string of the molecule is CC1(C)CC(=O)C2=C(C1)N(Cc1ccccc1)C1=C(C(=O)CC(C)(C)C1)C2c1ccc(OCc2ccccc2F)c(Cl)c1. The second-order valence-corrected chi connectivity index (χ2v) is 14.1. The molecule has 0 saturated carbocycles. The summed E-state index contributed by atoms with van der Waals surface area (Å²) in [6, 6.07) is 22.2. The van der Waals surface area contributed by atoms with E-state index in [1.807, 2.05) is 30.3 Å². The molecule has 2 aliphatic carbocycles. The molecule has 0 saturated heterocycles. The number of benzene rings is 3. The number of halogens is 2. The monoisotopic (exact) mass is 597 g/mol. The Labute approximate surface area is 258 Å². The highest BCUT2D eigenvalue weighted by Crippen LogP contribution is 2.55. The van der Waals surface area contributed by atoms with Crippen LogP contribution in [-0.4, -0.2) is 16.5 Å². The Morgan fingerprint density at radius 3 is 1.98 bits per heavy atom. The van der Waals surface area contributed by atoms with Crippen LogP contribution in [0.2, 0.25) is 5.02 Å². The van der Waals surface area contributed by atoms with Gasteiger partial charge in [-0.05, 0) is 53.0 Å². The maximum absolute atomic E-state index is 14.2. The van der Waals surface area contributed by atoms with Crippen molar-refractivity contribution in [3.63, 3.8) is 0 Å². The van der Waals surface area contributed by atoms with E-state index >= 15 is 0 Å². The average Bonchev–Trinajstić information content (AvgIpc) is 2.93. The molecule has 0 N–H and O–H groups in total. The van der Waals surface area contributed by atoms with Gasteiger partial charge in [0, 0.05) is 53.4 Å². The zero-order valence-electron chi connectivity index (χ0n) is 25.2. The fourth-order valence-electron chi connectivity index (χ4n) is 6.92. The van der Waals surface area contributed by atoms with Gasteiger partial charge in [0.1, 0.15) is 18.2 Å². The summed E-state index contributed by atoms with van der Waals surface area (Å²) in [5.74, 6) is -0.258. The zero-order chi connectivity index (χ0) is 30.5. The molecule has 222 valence electrons. The maximum Gasteiger partial charge on any atom is 0.162 e. The summed E-state index contributed by atoms with van der Waals surface area (Å²) in [6.07, 6.45) is 2.31. The number of allylic oxidation sites excluding steroid dienone is 4. The van der Waals surface area contributed by atoms with E-state index < -0.39 is 5.92 Å². The molecule has 0 unspecified atom stereocenters. The summed E-state index contributed by atoms with van der Waals surface area (Å²) in [7, 11) is 0. The van der Waals surface area contributed by atoms with E-state index in [0.717, 1.165) is 35.4 Å². The quantitative estimate of drug-likeness (QED) is 0.284. The van der Waals surface area contributed by atoms with E-state index in [1.54, 1.807) is 24.3 Å². The molecule has 0 radical (unpaired) electrons. The van der Waals surface area contributed by atoms with Crippen LogP contribution in [0.15, 0.2) is 95.3 Å². The third kappa shape index (κ3) is 5.80. The molecule has 43 heavy (non-hydrogen) atoms. The van der Waals surface area contributed by atoms with Gasteiger partial charge in [0.2, 0.25) is 0 Å². The van der Waals surface area contributed by atoms with E-state index in [2.05, 4.69) is 44.7 Å². The molecule has 0 spiro atoms. The predicted octanol–water partition coefficient (Wildman–Crippen LogP) is 8.94. The summed E-state index contributed by atoms with van der Waals surface area (Å²) >= 11 is 6.77. The molecular weight excluding hydrogens is 561 g/mol. The second kappa shape index (κ2) is 11.1. The number of carbonyl (C=O) groups is 2. The number of ether oxygens (including phenoxy) is 1. The highest BCUT2D eigenvalue weighted by molar-refractivity contribution is 6.32. The van der Waals surface area contributed by atoms with Gasteiger partial charge >= 0.3 is 0 Å². The van der Waals surface area contributed by atoms with Crippen LogP contribution in [-0.2, 0) is 22.7 Å². The van der Waals surface area contributed by atoms with E-state index in [1.165, 1.54) is 6.07 Å². The molecule has 3 aliphatic rings. The first-order valence-corrected chi connectivity index (χ1v) is 15.3. The van der Waals surface area contributed by atoms with E-state index in [0.29, 0.717) is 46.9 Å². The van der Waals surface area contributed by atoms with Crippen molar-refractivity contribution in [2.75, 3.05) is 0 Å². The number of nitrogens with zero attached hydrogens (tertiary/aromatic N) is 1. The summed E-state index contributed by atoms with van der Waals surface area (Å²) in [4.78, 5) is 30.4. The Hall–Kier alpha value is -3.70. The first-order chi connectivity index (χ1) is 20.4. The smallest absolute Gasteiger partial charge is 0.162 e. The van der Waals surface area contributed by atoms with Crippen LogP contribution >= 0.6 is 11.6 Å². The van der Waals surface area contributed by atoms with Gasteiger partial charge in [-0.15, -0.1) is 0 Å². The van der Waals surface area contributed by atoms with Gasteiger partial charge in [0.25, 0.3) is 0 Å².